The Kier molecular flexibility index (Phi) is 4.26. The number of nitrogens with one attached hydrogen (secondary N) is 2. The van der Waals surface area contributed by atoms with Crippen LogP contribution in [0.4, 0.5) is 11.6 Å². The molecule has 0 bridgehead atoms. The van der Waals surface area contributed by atoms with Crippen molar-refractivity contribution in [3.8, 4) is 11.1 Å². The second kappa shape index (κ2) is 7.17. The summed E-state index contributed by atoms with van der Waals surface area (Å²) in [5.41, 5.74) is 11.7. The molecule has 32 heavy (non-hydrogen) atoms. The van der Waals surface area contributed by atoms with Crippen molar-refractivity contribution in [1.82, 2.24) is 19.9 Å². The average molecular weight is 425 g/mol. The minimum atomic E-state index is -0.134. The molecule has 0 spiro atoms. The van der Waals surface area contributed by atoms with Crippen LogP contribution in [0, 0.1) is 0 Å². The molecule has 6 rings (SSSR count). The predicted octanol–water partition coefficient (Wildman–Crippen LogP) is 3.98. The van der Waals surface area contributed by atoms with Crippen LogP contribution in [-0.4, -0.2) is 26.5 Å². The zero-order valence-electron chi connectivity index (χ0n) is 17.6. The first-order valence-corrected chi connectivity index (χ1v) is 11.0. The third-order valence-corrected chi connectivity index (χ3v) is 6.24. The second-order valence-electron chi connectivity index (χ2n) is 8.81. The van der Waals surface area contributed by atoms with Gasteiger partial charge in [-0.2, -0.15) is 4.98 Å². The summed E-state index contributed by atoms with van der Waals surface area (Å²) in [6.07, 6.45) is 6.13. The van der Waals surface area contributed by atoms with E-state index < -0.39 is 0 Å². The molecular weight excluding hydrogens is 400 g/mol. The maximum atomic E-state index is 12.2. The van der Waals surface area contributed by atoms with Gasteiger partial charge in [0, 0.05) is 34.6 Å². The van der Waals surface area contributed by atoms with Gasteiger partial charge in [-0.25, -0.2) is 4.52 Å². The molecule has 7 nitrogen and oxygen atoms in total. The van der Waals surface area contributed by atoms with Crippen LogP contribution in [0.3, 0.4) is 0 Å². The van der Waals surface area contributed by atoms with Crippen LogP contribution in [0.5, 0.6) is 0 Å². The summed E-state index contributed by atoms with van der Waals surface area (Å²) in [6.45, 7) is 0. The van der Waals surface area contributed by atoms with E-state index in [2.05, 4.69) is 40.0 Å². The van der Waals surface area contributed by atoms with E-state index in [1.165, 1.54) is 5.56 Å². The predicted molar refractivity (Wildman–Crippen MR) is 124 cm³/mol. The van der Waals surface area contributed by atoms with Gasteiger partial charge in [0.25, 0.3) is 5.91 Å². The third-order valence-electron chi connectivity index (χ3n) is 6.24. The monoisotopic (exact) mass is 424 g/mol. The summed E-state index contributed by atoms with van der Waals surface area (Å²) in [7, 11) is 0. The molecule has 7 heteroatoms. The number of nitrogens with zero attached hydrogens (tertiary/aromatic N) is 3. The Labute approximate surface area is 185 Å². The number of aromatic nitrogens is 3. The Bertz CT molecular complexity index is 1300. The van der Waals surface area contributed by atoms with Crippen LogP contribution in [0.2, 0.25) is 0 Å². The van der Waals surface area contributed by atoms with Crippen molar-refractivity contribution in [1.29, 1.82) is 0 Å². The summed E-state index contributed by atoms with van der Waals surface area (Å²) in [4.78, 5) is 16.9. The number of carbonyl (C=O) groups is 1. The Balaban J connectivity index is 1.23. The molecule has 1 amide bonds. The Morgan fingerprint density at radius 3 is 2.47 bits per heavy atom. The number of pyridine rings is 1. The zero-order chi connectivity index (χ0) is 21.7. The number of amides is 1. The van der Waals surface area contributed by atoms with E-state index in [0.717, 1.165) is 48.1 Å². The molecule has 2 heterocycles. The maximum absolute atomic E-state index is 12.2. The van der Waals surface area contributed by atoms with Crippen molar-refractivity contribution in [3.05, 3.63) is 78.0 Å². The van der Waals surface area contributed by atoms with Gasteiger partial charge in [0.05, 0.1) is 0 Å². The van der Waals surface area contributed by atoms with Gasteiger partial charge in [-0.15, -0.1) is 5.10 Å². The topological polar surface area (TPSA) is 97.3 Å². The van der Waals surface area contributed by atoms with Crippen LogP contribution in [0.15, 0.2) is 66.9 Å². The highest BCUT2D eigenvalue weighted by Crippen LogP contribution is 2.43. The number of carbonyl (C=O) groups excluding carboxylic acids is 1. The Morgan fingerprint density at radius 1 is 1.03 bits per heavy atom. The normalized spacial score (nSPS) is 16.7. The molecule has 4 aromatic rings. The number of fused-ring (bicyclic) bond motifs is 1. The molecule has 0 atom stereocenters. The molecule has 2 aromatic heterocycles. The summed E-state index contributed by atoms with van der Waals surface area (Å²) in [5.74, 6) is 0.478. The summed E-state index contributed by atoms with van der Waals surface area (Å²) in [6, 6.07) is 20.2. The molecule has 0 saturated heterocycles. The van der Waals surface area contributed by atoms with Gasteiger partial charge in [-0.3, -0.25) is 4.79 Å². The number of hydrogen-bond donors (Lipinski definition) is 3. The van der Waals surface area contributed by atoms with Crippen molar-refractivity contribution in [2.24, 2.45) is 5.73 Å². The van der Waals surface area contributed by atoms with Gasteiger partial charge in [-0.05, 0) is 73.2 Å². The van der Waals surface area contributed by atoms with Gasteiger partial charge in [0.15, 0.2) is 5.65 Å². The Morgan fingerprint density at radius 2 is 1.78 bits per heavy atom. The van der Waals surface area contributed by atoms with Crippen molar-refractivity contribution < 1.29 is 4.79 Å². The van der Waals surface area contributed by atoms with Crippen molar-refractivity contribution in [2.45, 2.75) is 37.3 Å². The minimum absolute atomic E-state index is 0.0252. The van der Waals surface area contributed by atoms with Crippen LogP contribution >= 0.6 is 0 Å². The lowest BCUT2D eigenvalue weighted by Crippen LogP contribution is -2.25. The van der Waals surface area contributed by atoms with Crippen molar-refractivity contribution >= 4 is 23.2 Å². The molecule has 2 fully saturated rings. The van der Waals surface area contributed by atoms with E-state index >= 15 is 0 Å². The summed E-state index contributed by atoms with van der Waals surface area (Å²) < 4.78 is 1.77. The quantitative estimate of drug-likeness (QED) is 0.435. The van der Waals surface area contributed by atoms with E-state index in [0.29, 0.717) is 17.6 Å². The summed E-state index contributed by atoms with van der Waals surface area (Å²) >= 11 is 0. The highest BCUT2D eigenvalue weighted by atomic mass is 16.1. The number of anilines is 2. The van der Waals surface area contributed by atoms with Gasteiger partial charge in [0.2, 0.25) is 5.95 Å². The van der Waals surface area contributed by atoms with E-state index in [-0.39, 0.29) is 11.4 Å². The van der Waals surface area contributed by atoms with E-state index in [9.17, 15) is 4.79 Å². The number of nitrogens with two attached hydrogens (primary N) is 1. The van der Waals surface area contributed by atoms with Gasteiger partial charge in [-0.1, -0.05) is 24.3 Å². The number of rotatable bonds is 6. The minimum Gasteiger partial charge on any atom is -0.349 e. The fourth-order valence-corrected chi connectivity index (χ4v) is 3.92. The molecule has 2 aliphatic carbocycles. The maximum Gasteiger partial charge on any atom is 0.251 e. The lowest BCUT2D eigenvalue weighted by atomic mass is 10.0. The van der Waals surface area contributed by atoms with Crippen LogP contribution in [0.25, 0.3) is 16.8 Å². The smallest absolute Gasteiger partial charge is 0.251 e. The van der Waals surface area contributed by atoms with E-state index in [1.807, 2.05) is 42.6 Å². The molecule has 160 valence electrons. The lowest BCUT2D eigenvalue weighted by molar-refractivity contribution is 0.0951. The molecule has 0 aliphatic heterocycles. The van der Waals surface area contributed by atoms with Gasteiger partial charge >= 0.3 is 0 Å². The molecule has 0 unspecified atom stereocenters. The highest BCUT2D eigenvalue weighted by Gasteiger charge is 2.39. The molecule has 4 N–H and O–H groups in total. The molecule has 0 radical (unpaired) electrons. The third kappa shape index (κ3) is 3.61. The first kappa shape index (κ1) is 19.0. The van der Waals surface area contributed by atoms with Crippen molar-refractivity contribution in [2.75, 3.05) is 5.32 Å². The number of hydrogen-bond acceptors (Lipinski definition) is 5. The molecule has 2 aliphatic rings. The fraction of sp³-hybridized carbons (Fsp3) is 0.240. The van der Waals surface area contributed by atoms with Crippen molar-refractivity contribution in [3.63, 3.8) is 0 Å². The van der Waals surface area contributed by atoms with Gasteiger partial charge < -0.3 is 16.4 Å². The first-order valence-electron chi connectivity index (χ1n) is 11.0. The number of benzene rings is 2. The van der Waals surface area contributed by atoms with Crippen LogP contribution in [0.1, 0.15) is 41.6 Å². The van der Waals surface area contributed by atoms with Gasteiger partial charge in [0.1, 0.15) is 0 Å². The standard InChI is InChI=1S/C25H24N6O/c26-25(13-14-25)18-7-3-16(4-8-18)21-2-1-15-31-22(21)29-24(30-31)28-20-9-5-17(6-10-20)23(32)27-19-11-12-19/h1-10,15,19H,11-14,26H2,(H,27,32)(H,28,30). The Hall–Kier alpha value is -3.71. The molecule has 2 aromatic carbocycles. The lowest BCUT2D eigenvalue weighted by Gasteiger charge is -2.10. The molecule has 2 saturated carbocycles. The largest absolute Gasteiger partial charge is 0.349 e. The van der Waals surface area contributed by atoms with Crippen LogP contribution in [-0.2, 0) is 5.54 Å². The fourth-order valence-electron chi connectivity index (χ4n) is 3.92. The highest BCUT2D eigenvalue weighted by molar-refractivity contribution is 5.95. The average Bonchev–Trinajstić information content (AvgIpc) is 3.73. The summed E-state index contributed by atoms with van der Waals surface area (Å²) in [5, 5.41) is 10.8. The zero-order valence-corrected chi connectivity index (χ0v) is 17.6. The molecular formula is C25H24N6O. The SMILES string of the molecule is NC1(c2ccc(-c3cccn4nc(Nc5ccc(C(=O)NC6CC6)cc5)nc34)cc2)CC1. The van der Waals surface area contributed by atoms with E-state index in [1.54, 1.807) is 4.52 Å². The second-order valence-corrected chi connectivity index (χ2v) is 8.81. The first-order chi connectivity index (χ1) is 15.6. The van der Waals surface area contributed by atoms with E-state index in [4.69, 9.17) is 10.7 Å². The van der Waals surface area contributed by atoms with Crippen LogP contribution < -0.4 is 16.4 Å².